The van der Waals surface area contributed by atoms with Crippen LogP contribution < -0.4 is 15.2 Å². The van der Waals surface area contributed by atoms with Crippen molar-refractivity contribution in [1.29, 1.82) is 0 Å². The molecule has 5 nitrogen and oxygen atoms in total. The van der Waals surface area contributed by atoms with Crippen LogP contribution in [0.4, 0.5) is 13.2 Å². The predicted octanol–water partition coefficient (Wildman–Crippen LogP) is 4.06. The van der Waals surface area contributed by atoms with Crippen LogP contribution >= 0.6 is 0 Å². The first-order valence-corrected chi connectivity index (χ1v) is 8.91. The van der Waals surface area contributed by atoms with Gasteiger partial charge >= 0.3 is 0 Å². The Kier molecular flexibility index (Phi) is 5.49. The van der Waals surface area contributed by atoms with Crippen LogP contribution in [-0.2, 0) is 0 Å². The zero-order valence-corrected chi connectivity index (χ0v) is 15.5. The van der Waals surface area contributed by atoms with Gasteiger partial charge in [0.05, 0.1) is 24.8 Å². The standard InChI is InChI=1S/C20H21F3N2O3/c1-11(2)9-27-15-6-12(5-14(21)7-15)17-4-3-16(18(24)26)19(25-17)28-10-13-8-20(13,22)23/h3-7,11,13H,8-10H2,1-2H3,(H2,24,26). The number of carbonyl (C=O) groups is 1. The third kappa shape index (κ3) is 4.74. The highest BCUT2D eigenvalue weighted by atomic mass is 19.3. The molecule has 2 N–H and O–H groups in total. The molecule has 1 saturated carbocycles. The van der Waals surface area contributed by atoms with E-state index in [4.69, 9.17) is 15.2 Å². The second kappa shape index (κ2) is 7.69. The zero-order chi connectivity index (χ0) is 20.5. The van der Waals surface area contributed by atoms with E-state index in [0.29, 0.717) is 23.6 Å². The lowest BCUT2D eigenvalue weighted by Crippen LogP contribution is -2.16. The largest absolute Gasteiger partial charge is 0.493 e. The van der Waals surface area contributed by atoms with Gasteiger partial charge < -0.3 is 15.2 Å². The van der Waals surface area contributed by atoms with Gasteiger partial charge in [-0.15, -0.1) is 0 Å². The highest BCUT2D eigenvalue weighted by Gasteiger charge is 2.57. The van der Waals surface area contributed by atoms with E-state index in [1.54, 1.807) is 6.07 Å². The fourth-order valence-corrected chi connectivity index (χ4v) is 2.59. The van der Waals surface area contributed by atoms with Crippen molar-refractivity contribution in [2.24, 2.45) is 17.6 Å². The monoisotopic (exact) mass is 394 g/mol. The number of hydrogen-bond donors (Lipinski definition) is 1. The summed E-state index contributed by atoms with van der Waals surface area (Å²) in [6, 6.07) is 6.99. The molecule has 150 valence electrons. The maximum Gasteiger partial charge on any atom is 0.255 e. The maximum absolute atomic E-state index is 14.0. The molecule has 1 aliphatic carbocycles. The van der Waals surface area contributed by atoms with Gasteiger partial charge in [-0.3, -0.25) is 4.79 Å². The van der Waals surface area contributed by atoms with E-state index in [0.717, 1.165) is 0 Å². The maximum atomic E-state index is 14.0. The Labute approximate surface area is 160 Å². The SMILES string of the molecule is CC(C)COc1cc(F)cc(-c2ccc(C(N)=O)c(OCC3CC3(F)F)n2)c1. The van der Waals surface area contributed by atoms with Gasteiger partial charge in [0.2, 0.25) is 5.88 Å². The second-order valence-corrected chi connectivity index (χ2v) is 7.27. The number of alkyl halides is 2. The van der Waals surface area contributed by atoms with Crippen molar-refractivity contribution in [3.63, 3.8) is 0 Å². The van der Waals surface area contributed by atoms with Gasteiger partial charge in [-0.05, 0) is 30.2 Å². The summed E-state index contributed by atoms with van der Waals surface area (Å²) in [5, 5.41) is 0. The minimum absolute atomic E-state index is 0.0274. The average molecular weight is 394 g/mol. The minimum Gasteiger partial charge on any atom is -0.493 e. The Hall–Kier alpha value is -2.77. The van der Waals surface area contributed by atoms with Crippen molar-refractivity contribution in [3.05, 3.63) is 41.7 Å². The molecule has 2 aromatic rings. The Morgan fingerprint density at radius 2 is 2.00 bits per heavy atom. The molecular weight excluding hydrogens is 373 g/mol. The molecule has 1 aromatic heterocycles. The van der Waals surface area contributed by atoms with Crippen LogP contribution in [0, 0.1) is 17.7 Å². The number of halogens is 3. The topological polar surface area (TPSA) is 74.4 Å². The van der Waals surface area contributed by atoms with Crippen molar-refractivity contribution in [3.8, 4) is 22.9 Å². The Morgan fingerprint density at radius 1 is 1.29 bits per heavy atom. The molecule has 1 heterocycles. The number of primary amides is 1. The van der Waals surface area contributed by atoms with E-state index >= 15 is 0 Å². The number of nitrogens with two attached hydrogens (primary N) is 1. The van der Waals surface area contributed by atoms with Crippen molar-refractivity contribution in [2.75, 3.05) is 13.2 Å². The molecule has 0 radical (unpaired) electrons. The second-order valence-electron chi connectivity index (χ2n) is 7.27. The molecule has 8 heteroatoms. The molecule has 1 amide bonds. The molecule has 1 aliphatic rings. The summed E-state index contributed by atoms with van der Waals surface area (Å²) in [7, 11) is 0. The third-order valence-electron chi connectivity index (χ3n) is 4.25. The number of aromatic nitrogens is 1. The van der Waals surface area contributed by atoms with Crippen molar-refractivity contribution < 1.29 is 27.4 Å². The first-order valence-electron chi connectivity index (χ1n) is 8.91. The first kappa shape index (κ1) is 20.0. The lowest BCUT2D eigenvalue weighted by Gasteiger charge is -2.12. The lowest BCUT2D eigenvalue weighted by atomic mass is 10.1. The quantitative estimate of drug-likeness (QED) is 0.733. The molecule has 1 fully saturated rings. The van der Waals surface area contributed by atoms with Gasteiger partial charge in [0.15, 0.2) is 0 Å². The van der Waals surface area contributed by atoms with E-state index in [1.165, 1.54) is 24.3 Å². The van der Waals surface area contributed by atoms with Crippen molar-refractivity contribution in [2.45, 2.75) is 26.2 Å². The van der Waals surface area contributed by atoms with Crippen molar-refractivity contribution in [1.82, 2.24) is 4.98 Å². The van der Waals surface area contributed by atoms with Crippen molar-refractivity contribution >= 4 is 5.91 Å². The summed E-state index contributed by atoms with van der Waals surface area (Å²) in [5.74, 6) is -4.53. The minimum atomic E-state index is -2.75. The van der Waals surface area contributed by atoms with E-state index in [1.807, 2.05) is 13.8 Å². The fraction of sp³-hybridized carbons (Fsp3) is 0.400. The number of amides is 1. The van der Waals surface area contributed by atoms with E-state index < -0.39 is 23.6 Å². The van der Waals surface area contributed by atoms with Crippen LogP contribution in [0.2, 0.25) is 0 Å². The number of carbonyl (C=O) groups excluding carboxylic acids is 1. The van der Waals surface area contributed by atoms with Crippen LogP contribution in [0.1, 0.15) is 30.6 Å². The summed E-state index contributed by atoms with van der Waals surface area (Å²) in [5.41, 5.74) is 5.98. The van der Waals surface area contributed by atoms with E-state index in [9.17, 15) is 18.0 Å². The summed E-state index contributed by atoms with van der Waals surface area (Å²) < 4.78 is 51.0. The Balaban J connectivity index is 1.87. The predicted molar refractivity (Wildman–Crippen MR) is 97.0 cm³/mol. The Bertz CT molecular complexity index is 887. The van der Waals surface area contributed by atoms with Gasteiger partial charge in [0.25, 0.3) is 11.8 Å². The average Bonchev–Trinajstić information content (AvgIpc) is 3.24. The molecule has 28 heavy (non-hydrogen) atoms. The van der Waals surface area contributed by atoms with Gasteiger partial charge in [0.1, 0.15) is 17.1 Å². The molecular formula is C20H21F3N2O3. The van der Waals surface area contributed by atoms with E-state index in [-0.39, 0.29) is 30.4 Å². The van der Waals surface area contributed by atoms with Gasteiger partial charge in [0, 0.05) is 18.1 Å². The molecule has 1 atom stereocenters. The molecule has 1 aromatic carbocycles. The fourth-order valence-electron chi connectivity index (χ4n) is 2.59. The van der Waals surface area contributed by atoms with Crippen LogP contribution in [0.15, 0.2) is 30.3 Å². The van der Waals surface area contributed by atoms with E-state index in [2.05, 4.69) is 4.98 Å². The lowest BCUT2D eigenvalue weighted by molar-refractivity contribution is 0.0846. The highest BCUT2D eigenvalue weighted by molar-refractivity contribution is 5.95. The smallest absolute Gasteiger partial charge is 0.255 e. The molecule has 0 saturated heterocycles. The van der Waals surface area contributed by atoms with Gasteiger partial charge in [-0.1, -0.05) is 13.8 Å². The molecule has 0 spiro atoms. The van der Waals surface area contributed by atoms with Crippen LogP contribution in [0.5, 0.6) is 11.6 Å². The van der Waals surface area contributed by atoms with Gasteiger partial charge in [-0.2, -0.15) is 0 Å². The zero-order valence-electron chi connectivity index (χ0n) is 15.5. The number of ether oxygens (including phenoxy) is 2. The first-order chi connectivity index (χ1) is 13.2. The molecule has 1 unspecified atom stereocenters. The molecule has 3 rings (SSSR count). The number of hydrogen-bond acceptors (Lipinski definition) is 4. The number of rotatable bonds is 8. The highest BCUT2D eigenvalue weighted by Crippen LogP contribution is 2.48. The molecule has 0 aliphatic heterocycles. The summed E-state index contributed by atoms with van der Waals surface area (Å²) in [4.78, 5) is 15.8. The molecule has 0 bridgehead atoms. The summed E-state index contributed by atoms with van der Waals surface area (Å²) in [6.45, 7) is 4.07. The van der Waals surface area contributed by atoms with Crippen LogP contribution in [-0.4, -0.2) is 30.0 Å². The van der Waals surface area contributed by atoms with Crippen LogP contribution in [0.3, 0.4) is 0 Å². The van der Waals surface area contributed by atoms with Gasteiger partial charge in [-0.25, -0.2) is 18.2 Å². The number of nitrogens with zero attached hydrogens (tertiary/aromatic N) is 1. The number of benzene rings is 1. The van der Waals surface area contributed by atoms with Crippen LogP contribution in [0.25, 0.3) is 11.3 Å². The summed E-state index contributed by atoms with van der Waals surface area (Å²) >= 11 is 0. The Morgan fingerprint density at radius 3 is 2.61 bits per heavy atom. The normalized spacial score (nSPS) is 17.4. The summed E-state index contributed by atoms with van der Waals surface area (Å²) in [6.07, 6.45) is -0.265. The number of pyridine rings is 1. The third-order valence-corrected chi connectivity index (χ3v) is 4.25.